The number of halogens is 2. The summed E-state index contributed by atoms with van der Waals surface area (Å²) in [5.41, 5.74) is 3.25. The maximum absolute atomic E-state index is 13.6. The number of hydrogen-bond acceptors (Lipinski definition) is 4. The van der Waals surface area contributed by atoms with Gasteiger partial charge in [0.05, 0.1) is 11.3 Å². The van der Waals surface area contributed by atoms with Crippen LogP contribution in [0.15, 0.2) is 72.8 Å². The summed E-state index contributed by atoms with van der Waals surface area (Å²) in [6.07, 6.45) is 0.345. The van der Waals surface area contributed by atoms with E-state index in [4.69, 9.17) is 4.74 Å². The predicted octanol–water partition coefficient (Wildman–Crippen LogP) is 5.76. The van der Waals surface area contributed by atoms with Crippen LogP contribution < -0.4 is 10.1 Å². The largest absolute Gasteiger partial charge is 0.407 e. The summed E-state index contributed by atoms with van der Waals surface area (Å²) in [5, 5.41) is 7.43. The smallest absolute Gasteiger partial charge is 0.309 e. The number of rotatable bonds is 6. The fourth-order valence-corrected chi connectivity index (χ4v) is 3.43. The Hall–Kier alpha value is -4.33. The van der Waals surface area contributed by atoms with E-state index in [-0.39, 0.29) is 11.8 Å². The molecule has 1 heterocycles. The Morgan fingerprint density at radius 3 is 2.00 bits per heavy atom. The zero-order chi connectivity index (χ0) is 24.2. The van der Waals surface area contributed by atoms with Gasteiger partial charge < -0.3 is 10.1 Å². The van der Waals surface area contributed by atoms with E-state index in [0.717, 1.165) is 0 Å². The van der Waals surface area contributed by atoms with Crippen LogP contribution in [0.5, 0.6) is 5.88 Å². The van der Waals surface area contributed by atoms with Crippen LogP contribution in [0.25, 0.3) is 28.1 Å². The molecule has 0 radical (unpaired) electrons. The molecule has 0 fully saturated rings. The molecule has 0 unspecified atom stereocenters. The van der Waals surface area contributed by atoms with E-state index in [1.807, 2.05) is 0 Å². The Kier molecular flexibility index (Phi) is 6.49. The third-order valence-electron chi connectivity index (χ3n) is 5.05. The van der Waals surface area contributed by atoms with Crippen LogP contribution in [0.3, 0.4) is 0 Å². The van der Waals surface area contributed by atoms with Crippen LogP contribution in [0.1, 0.15) is 20.3 Å². The van der Waals surface area contributed by atoms with Crippen molar-refractivity contribution < 1.29 is 23.1 Å². The minimum Gasteiger partial charge on any atom is -0.407 e. The van der Waals surface area contributed by atoms with Crippen molar-refractivity contribution in [1.29, 1.82) is 0 Å². The molecule has 0 aliphatic carbocycles. The quantitative estimate of drug-likeness (QED) is 0.371. The van der Waals surface area contributed by atoms with Gasteiger partial charge in [-0.15, -0.1) is 0 Å². The summed E-state index contributed by atoms with van der Waals surface area (Å²) in [6, 6.07) is 18.3. The molecule has 1 amide bonds. The Morgan fingerprint density at radius 1 is 0.882 bits per heavy atom. The number of ether oxygens (including phenoxy) is 1. The molecule has 1 N–H and O–H groups in total. The van der Waals surface area contributed by atoms with E-state index in [0.29, 0.717) is 40.2 Å². The summed E-state index contributed by atoms with van der Waals surface area (Å²) in [6.45, 7) is 3.03. The molecule has 0 aliphatic heterocycles. The summed E-state index contributed by atoms with van der Waals surface area (Å²) in [5.74, 6) is -1.39. The lowest BCUT2D eigenvalue weighted by Crippen LogP contribution is -2.09. The minimum absolute atomic E-state index is 0.121. The van der Waals surface area contributed by atoms with Crippen LogP contribution in [0.4, 0.5) is 14.5 Å². The number of benzene rings is 3. The van der Waals surface area contributed by atoms with Crippen LogP contribution in [-0.4, -0.2) is 21.7 Å². The molecule has 172 valence electrons. The Bertz CT molecular complexity index is 1330. The highest BCUT2D eigenvalue weighted by Gasteiger charge is 2.24. The van der Waals surface area contributed by atoms with Crippen LogP contribution in [-0.2, 0) is 9.59 Å². The van der Waals surface area contributed by atoms with Crippen molar-refractivity contribution in [1.82, 2.24) is 9.78 Å². The van der Waals surface area contributed by atoms with Gasteiger partial charge in [-0.3, -0.25) is 9.59 Å². The Balaban J connectivity index is 1.93. The van der Waals surface area contributed by atoms with E-state index < -0.39 is 17.6 Å². The number of nitrogens with zero attached hydrogens (tertiary/aromatic N) is 2. The molecule has 6 nitrogen and oxygen atoms in total. The molecule has 0 atom stereocenters. The average Bonchev–Trinajstić information content (AvgIpc) is 3.19. The molecule has 4 aromatic rings. The van der Waals surface area contributed by atoms with Crippen molar-refractivity contribution in [3.05, 3.63) is 84.4 Å². The van der Waals surface area contributed by atoms with Gasteiger partial charge in [0.2, 0.25) is 11.8 Å². The van der Waals surface area contributed by atoms with Crippen molar-refractivity contribution >= 4 is 17.6 Å². The molecule has 0 saturated heterocycles. The Labute approximate surface area is 194 Å². The second kappa shape index (κ2) is 9.66. The number of amides is 1. The van der Waals surface area contributed by atoms with Crippen molar-refractivity contribution in [2.24, 2.45) is 0 Å². The maximum Gasteiger partial charge on any atom is 0.309 e. The second-order valence-corrected chi connectivity index (χ2v) is 7.50. The first-order valence-electron chi connectivity index (χ1n) is 10.6. The third kappa shape index (κ3) is 4.85. The second-order valence-electron chi connectivity index (χ2n) is 7.50. The van der Waals surface area contributed by atoms with E-state index >= 15 is 0 Å². The summed E-state index contributed by atoms with van der Waals surface area (Å²) in [7, 11) is 0. The van der Waals surface area contributed by atoms with E-state index in [9.17, 15) is 18.4 Å². The van der Waals surface area contributed by atoms with Gasteiger partial charge >= 0.3 is 5.97 Å². The van der Waals surface area contributed by atoms with Gasteiger partial charge in [0.1, 0.15) is 17.3 Å². The lowest BCUT2D eigenvalue weighted by molar-refractivity contribution is -0.132. The molecule has 0 aliphatic rings. The molecule has 8 heteroatoms. The molecule has 4 rings (SSSR count). The van der Waals surface area contributed by atoms with E-state index in [1.165, 1.54) is 48.0 Å². The summed E-state index contributed by atoms with van der Waals surface area (Å²) in [4.78, 5) is 23.7. The number of esters is 1. The first-order valence-corrected chi connectivity index (χ1v) is 10.6. The molecular weight excluding hydrogens is 440 g/mol. The third-order valence-corrected chi connectivity index (χ3v) is 5.05. The zero-order valence-corrected chi connectivity index (χ0v) is 18.5. The zero-order valence-electron chi connectivity index (χ0n) is 18.5. The number of carbonyl (C=O) groups excluding carboxylic acids is 2. The van der Waals surface area contributed by atoms with Crippen LogP contribution in [0.2, 0.25) is 0 Å². The molecular formula is C26H21F2N3O3. The number of carbonyl (C=O) groups is 2. The van der Waals surface area contributed by atoms with Gasteiger partial charge in [-0.2, -0.15) is 9.78 Å². The predicted molar refractivity (Wildman–Crippen MR) is 125 cm³/mol. The summed E-state index contributed by atoms with van der Waals surface area (Å²) < 4.78 is 34.1. The van der Waals surface area contributed by atoms with Crippen molar-refractivity contribution in [2.75, 3.05) is 5.32 Å². The number of anilines is 1. The molecule has 0 bridgehead atoms. The van der Waals surface area contributed by atoms with Gasteiger partial charge in [-0.25, -0.2) is 8.78 Å². The molecule has 0 saturated carbocycles. The van der Waals surface area contributed by atoms with Crippen molar-refractivity contribution in [3.8, 4) is 34.0 Å². The fraction of sp³-hybridized carbons (Fsp3) is 0.115. The molecule has 34 heavy (non-hydrogen) atoms. The van der Waals surface area contributed by atoms with E-state index in [2.05, 4.69) is 10.4 Å². The van der Waals surface area contributed by atoms with Gasteiger partial charge in [-0.1, -0.05) is 19.1 Å². The van der Waals surface area contributed by atoms with Gasteiger partial charge in [0, 0.05) is 24.6 Å². The normalized spacial score (nSPS) is 10.7. The highest BCUT2D eigenvalue weighted by atomic mass is 19.1. The van der Waals surface area contributed by atoms with Gasteiger partial charge in [0.15, 0.2) is 0 Å². The van der Waals surface area contributed by atoms with Crippen molar-refractivity contribution in [3.63, 3.8) is 0 Å². The average molecular weight is 461 g/mol. The first kappa shape index (κ1) is 22.8. The number of aromatic nitrogens is 2. The molecule has 0 spiro atoms. The highest BCUT2D eigenvalue weighted by Crippen LogP contribution is 2.41. The number of nitrogens with one attached hydrogen (secondary N) is 1. The summed E-state index contributed by atoms with van der Waals surface area (Å²) >= 11 is 0. The van der Waals surface area contributed by atoms with Gasteiger partial charge in [-0.05, 0) is 66.2 Å². The Morgan fingerprint density at radius 2 is 1.44 bits per heavy atom. The van der Waals surface area contributed by atoms with Gasteiger partial charge in [0.25, 0.3) is 0 Å². The lowest BCUT2D eigenvalue weighted by atomic mass is 10.0. The van der Waals surface area contributed by atoms with Crippen molar-refractivity contribution in [2.45, 2.75) is 20.3 Å². The maximum atomic E-state index is 13.6. The SMILES string of the molecule is CCC(=O)Nc1ccc(-c2c(-c3ccc(F)cc3)nn(-c3ccc(F)cc3)c2OC(C)=O)cc1. The first-order chi connectivity index (χ1) is 16.4. The standard InChI is InChI=1S/C26H21F2N3O3/c1-3-23(33)29-21-12-6-17(7-13-21)24-25(18-4-8-19(27)9-5-18)30-31(26(24)34-16(2)32)22-14-10-20(28)11-15-22/h4-15H,3H2,1-2H3,(H,29,33). The van der Waals surface area contributed by atoms with Crippen LogP contribution in [0, 0.1) is 11.6 Å². The minimum atomic E-state index is -0.568. The van der Waals surface area contributed by atoms with Crippen LogP contribution >= 0.6 is 0 Å². The fourth-order valence-electron chi connectivity index (χ4n) is 3.43. The highest BCUT2D eigenvalue weighted by molar-refractivity contribution is 5.92. The topological polar surface area (TPSA) is 73.2 Å². The number of hydrogen-bond donors (Lipinski definition) is 1. The molecule has 1 aromatic heterocycles. The monoisotopic (exact) mass is 461 g/mol. The lowest BCUT2D eigenvalue weighted by Gasteiger charge is -2.10. The molecule has 3 aromatic carbocycles. The van der Waals surface area contributed by atoms with E-state index in [1.54, 1.807) is 43.3 Å².